The van der Waals surface area contributed by atoms with E-state index in [4.69, 9.17) is 0 Å². The number of para-hydroxylation sites is 1. The molecular formula is C33H44N2O2. The fourth-order valence-corrected chi connectivity index (χ4v) is 4.74. The van der Waals surface area contributed by atoms with E-state index in [-0.39, 0.29) is 5.91 Å². The number of aromatic hydroxyl groups is 1. The van der Waals surface area contributed by atoms with Crippen LogP contribution in [0.2, 0.25) is 0 Å². The van der Waals surface area contributed by atoms with E-state index in [1.165, 1.54) is 12.8 Å². The molecule has 0 saturated carbocycles. The van der Waals surface area contributed by atoms with Crippen LogP contribution in [0.15, 0.2) is 66.7 Å². The Hall–Kier alpha value is -3.27. The van der Waals surface area contributed by atoms with E-state index >= 15 is 0 Å². The van der Waals surface area contributed by atoms with Crippen LogP contribution in [0.1, 0.15) is 76.0 Å². The number of hydrogen-bond donors (Lipinski definition) is 2. The topological polar surface area (TPSA) is 52.6 Å². The van der Waals surface area contributed by atoms with Crippen molar-refractivity contribution >= 4 is 23.0 Å². The maximum atomic E-state index is 13.6. The number of benzene rings is 3. The third-order valence-corrected chi connectivity index (χ3v) is 6.95. The van der Waals surface area contributed by atoms with Crippen LogP contribution in [0, 0.1) is 12.8 Å². The first-order valence-electron chi connectivity index (χ1n) is 13.9. The van der Waals surface area contributed by atoms with Gasteiger partial charge in [-0.1, -0.05) is 70.4 Å². The first-order valence-corrected chi connectivity index (χ1v) is 13.9. The van der Waals surface area contributed by atoms with Gasteiger partial charge in [0.05, 0.1) is 0 Å². The molecule has 0 radical (unpaired) electrons. The van der Waals surface area contributed by atoms with Gasteiger partial charge in [-0.05, 0) is 91.6 Å². The van der Waals surface area contributed by atoms with Crippen molar-refractivity contribution in [1.82, 2.24) is 0 Å². The summed E-state index contributed by atoms with van der Waals surface area (Å²) in [7, 11) is 0. The fraction of sp³-hybridized carbons (Fsp3) is 0.424. The lowest BCUT2D eigenvalue weighted by Crippen LogP contribution is -2.35. The molecule has 0 aliphatic heterocycles. The molecule has 0 aliphatic carbocycles. The SMILES string of the molecule is CCCCc1cc(CCC(=O)N(CC(C)CCCC)c2ccc(Nc3ccccc3)cc2)cc(C)c1O. The van der Waals surface area contributed by atoms with Crippen LogP contribution in [0.4, 0.5) is 17.1 Å². The Kier molecular flexibility index (Phi) is 11.1. The minimum absolute atomic E-state index is 0.146. The van der Waals surface area contributed by atoms with Crippen LogP contribution in [0.5, 0.6) is 5.75 Å². The van der Waals surface area contributed by atoms with Crippen LogP contribution < -0.4 is 10.2 Å². The number of rotatable bonds is 14. The Morgan fingerprint density at radius 3 is 2.27 bits per heavy atom. The Labute approximate surface area is 223 Å². The van der Waals surface area contributed by atoms with Gasteiger partial charge in [-0.3, -0.25) is 4.79 Å². The molecule has 1 amide bonds. The van der Waals surface area contributed by atoms with Gasteiger partial charge in [0.15, 0.2) is 0 Å². The van der Waals surface area contributed by atoms with Crippen LogP contribution in [0.3, 0.4) is 0 Å². The van der Waals surface area contributed by atoms with Gasteiger partial charge in [-0.25, -0.2) is 0 Å². The highest BCUT2D eigenvalue weighted by molar-refractivity contribution is 5.93. The zero-order valence-electron chi connectivity index (χ0n) is 23.1. The molecule has 3 aromatic rings. The average molecular weight is 501 g/mol. The molecule has 4 heteroatoms. The summed E-state index contributed by atoms with van der Waals surface area (Å²) in [6, 6.07) is 22.4. The molecule has 37 heavy (non-hydrogen) atoms. The van der Waals surface area contributed by atoms with Gasteiger partial charge in [-0.2, -0.15) is 0 Å². The monoisotopic (exact) mass is 500 g/mol. The standard InChI is InChI=1S/C33H44N2O2/c1-5-7-12-25(3)24-35(31-19-17-30(18-20-31)34-29-14-10-9-11-15-29)32(36)21-16-27-22-26(4)33(37)28(23-27)13-8-6-2/h9-11,14-15,17-20,22-23,25,34,37H,5-8,12-13,16,21,24H2,1-4H3. The molecule has 4 nitrogen and oxygen atoms in total. The zero-order valence-corrected chi connectivity index (χ0v) is 23.1. The van der Waals surface area contributed by atoms with E-state index in [1.54, 1.807) is 0 Å². The van der Waals surface area contributed by atoms with Gasteiger partial charge in [0.1, 0.15) is 5.75 Å². The van der Waals surface area contributed by atoms with E-state index < -0.39 is 0 Å². The van der Waals surface area contributed by atoms with E-state index in [0.717, 1.165) is 66.0 Å². The first-order chi connectivity index (χ1) is 17.9. The Morgan fingerprint density at radius 1 is 0.919 bits per heavy atom. The Balaban J connectivity index is 1.74. The minimum atomic E-state index is 0.146. The summed E-state index contributed by atoms with van der Waals surface area (Å²) in [5.41, 5.74) is 5.99. The molecule has 0 aromatic heterocycles. The van der Waals surface area contributed by atoms with E-state index in [9.17, 15) is 9.90 Å². The molecule has 2 N–H and O–H groups in total. The summed E-state index contributed by atoms with van der Waals surface area (Å²) in [5.74, 6) is 0.981. The Morgan fingerprint density at radius 2 is 1.59 bits per heavy atom. The first kappa shape index (κ1) is 28.3. The smallest absolute Gasteiger partial charge is 0.227 e. The van der Waals surface area contributed by atoms with E-state index in [2.05, 4.69) is 32.2 Å². The molecule has 0 saturated heterocycles. The van der Waals surface area contributed by atoms with E-state index in [0.29, 0.717) is 24.5 Å². The van der Waals surface area contributed by atoms with Crippen LogP contribution in [-0.2, 0) is 17.6 Å². The van der Waals surface area contributed by atoms with Gasteiger partial charge in [-0.15, -0.1) is 0 Å². The molecule has 0 spiro atoms. The van der Waals surface area contributed by atoms with Gasteiger partial charge in [0, 0.05) is 30.0 Å². The molecule has 1 atom stereocenters. The molecular weight excluding hydrogens is 456 g/mol. The third-order valence-electron chi connectivity index (χ3n) is 6.95. The molecule has 198 valence electrons. The number of phenolic OH excluding ortho intramolecular Hbond substituents is 1. The average Bonchev–Trinajstić information content (AvgIpc) is 2.91. The Bertz CT molecular complexity index is 1110. The second kappa shape index (κ2) is 14.5. The summed E-state index contributed by atoms with van der Waals surface area (Å²) >= 11 is 0. The lowest BCUT2D eigenvalue weighted by molar-refractivity contribution is -0.118. The lowest BCUT2D eigenvalue weighted by atomic mass is 9.98. The second-order valence-electron chi connectivity index (χ2n) is 10.3. The highest BCUT2D eigenvalue weighted by Crippen LogP contribution is 2.27. The van der Waals surface area contributed by atoms with Gasteiger partial charge >= 0.3 is 0 Å². The summed E-state index contributed by atoms with van der Waals surface area (Å²) < 4.78 is 0. The number of unbranched alkanes of at least 4 members (excludes halogenated alkanes) is 2. The van der Waals surface area contributed by atoms with Crippen LogP contribution in [-0.4, -0.2) is 17.6 Å². The van der Waals surface area contributed by atoms with Crippen molar-refractivity contribution in [3.63, 3.8) is 0 Å². The van der Waals surface area contributed by atoms with E-state index in [1.807, 2.05) is 72.5 Å². The summed E-state index contributed by atoms with van der Waals surface area (Å²) in [4.78, 5) is 15.5. The molecule has 0 fully saturated rings. The summed E-state index contributed by atoms with van der Waals surface area (Å²) in [6.45, 7) is 9.28. The summed E-state index contributed by atoms with van der Waals surface area (Å²) in [5, 5.41) is 13.9. The number of carbonyl (C=O) groups excluding carboxylic acids is 1. The predicted octanol–water partition coefficient (Wildman–Crippen LogP) is 8.58. The number of carbonyl (C=O) groups is 1. The predicted molar refractivity (Wildman–Crippen MR) is 157 cm³/mol. The number of nitrogens with zero attached hydrogens (tertiary/aromatic N) is 1. The number of aryl methyl sites for hydroxylation is 3. The minimum Gasteiger partial charge on any atom is -0.507 e. The molecule has 0 aliphatic rings. The summed E-state index contributed by atoms with van der Waals surface area (Å²) in [6.07, 6.45) is 7.59. The lowest BCUT2D eigenvalue weighted by Gasteiger charge is -2.27. The molecule has 1 unspecified atom stereocenters. The van der Waals surface area contributed by atoms with Crippen molar-refractivity contribution in [2.24, 2.45) is 5.92 Å². The number of phenols is 1. The number of hydrogen-bond acceptors (Lipinski definition) is 3. The van der Waals surface area contributed by atoms with Gasteiger partial charge in [0.2, 0.25) is 5.91 Å². The quantitative estimate of drug-likeness (QED) is 0.233. The number of amides is 1. The van der Waals surface area contributed by atoms with Gasteiger partial charge in [0.25, 0.3) is 0 Å². The third kappa shape index (κ3) is 8.66. The number of nitrogens with one attached hydrogen (secondary N) is 1. The van der Waals surface area contributed by atoms with Gasteiger partial charge < -0.3 is 15.3 Å². The highest BCUT2D eigenvalue weighted by atomic mass is 16.3. The largest absolute Gasteiger partial charge is 0.507 e. The highest BCUT2D eigenvalue weighted by Gasteiger charge is 2.19. The normalized spacial score (nSPS) is 11.8. The van der Waals surface area contributed by atoms with Crippen molar-refractivity contribution in [3.05, 3.63) is 83.4 Å². The maximum Gasteiger partial charge on any atom is 0.227 e. The van der Waals surface area contributed by atoms with Crippen molar-refractivity contribution in [3.8, 4) is 5.75 Å². The van der Waals surface area contributed by atoms with Crippen LogP contribution in [0.25, 0.3) is 0 Å². The molecule has 3 aromatic carbocycles. The zero-order chi connectivity index (χ0) is 26.6. The fourth-order valence-electron chi connectivity index (χ4n) is 4.74. The maximum absolute atomic E-state index is 13.6. The number of anilines is 3. The van der Waals surface area contributed by atoms with Crippen molar-refractivity contribution < 1.29 is 9.90 Å². The molecule has 0 bridgehead atoms. The van der Waals surface area contributed by atoms with Crippen LogP contribution >= 0.6 is 0 Å². The van der Waals surface area contributed by atoms with Crippen molar-refractivity contribution in [1.29, 1.82) is 0 Å². The molecule has 3 rings (SSSR count). The van der Waals surface area contributed by atoms with Crippen molar-refractivity contribution in [2.45, 2.75) is 79.1 Å². The van der Waals surface area contributed by atoms with Crippen molar-refractivity contribution in [2.75, 3.05) is 16.8 Å². The molecule has 0 heterocycles. The second-order valence-corrected chi connectivity index (χ2v) is 10.3.